The summed E-state index contributed by atoms with van der Waals surface area (Å²) in [5.41, 5.74) is 2.72. The summed E-state index contributed by atoms with van der Waals surface area (Å²) < 4.78 is 29.2. The van der Waals surface area contributed by atoms with Crippen molar-refractivity contribution < 1.29 is 8.42 Å². The summed E-state index contributed by atoms with van der Waals surface area (Å²) in [6.07, 6.45) is 1.55. The van der Waals surface area contributed by atoms with E-state index in [0.29, 0.717) is 49.0 Å². The second kappa shape index (κ2) is 9.26. The number of anilines is 1. The Labute approximate surface area is 189 Å². The minimum Gasteiger partial charge on any atom is -0.354 e. The van der Waals surface area contributed by atoms with Crippen LogP contribution in [0.2, 0.25) is 0 Å². The first-order valence-electron chi connectivity index (χ1n) is 10.9. The maximum absolute atomic E-state index is 13.1. The van der Waals surface area contributed by atoms with Crippen molar-refractivity contribution in [3.05, 3.63) is 82.1 Å². The van der Waals surface area contributed by atoms with Crippen LogP contribution in [0.25, 0.3) is 5.69 Å². The fourth-order valence-electron chi connectivity index (χ4n) is 3.85. The van der Waals surface area contributed by atoms with Crippen molar-refractivity contribution in [2.75, 3.05) is 31.1 Å². The molecular weight excluding hydrogens is 424 g/mol. The molecule has 1 aliphatic heterocycles. The van der Waals surface area contributed by atoms with Crippen molar-refractivity contribution in [2.45, 2.75) is 31.6 Å². The van der Waals surface area contributed by atoms with E-state index in [0.717, 1.165) is 17.5 Å². The van der Waals surface area contributed by atoms with Gasteiger partial charge in [0.1, 0.15) is 5.82 Å². The van der Waals surface area contributed by atoms with Crippen LogP contribution in [0, 0.1) is 6.92 Å². The highest BCUT2D eigenvalue weighted by Gasteiger charge is 2.27. The Morgan fingerprint density at radius 1 is 0.875 bits per heavy atom. The van der Waals surface area contributed by atoms with Crippen LogP contribution in [-0.4, -0.2) is 48.7 Å². The number of hydrogen-bond acceptors (Lipinski definition) is 5. The van der Waals surface area contributed by atoms with Gasteiger partial charge in [0.2, 0.25) is 10.0 Å². The van der Waals surface area contributed by atoms with Gasteiger partial charge in [-0.3, -0.25) is 4.79 Å². The smallest absolute Gasteiger partial charge is 0.271 e. The topological polar surface area (TPSA) is 75.5 Å². The van der Waals surface area contributed by atoms with Gasteiger partial charge in [-0.1, -0.05) is 36.8 Å². The maximum atomic E-state index is 13.1. The summed E-state index contributed by atoms with van der Waals surface area (Å²) in [4.78, 5) is 14.8. The van der Waals surface area contributed by atoms with E-state index in [4.69, 9.17) is 0 Å². The molecule has 2 aromatic carbocycles. The monoisotopic (exact) mass is 452 g/mol. The molecule has 168 valence electrons. The lowest BCUT2D eigenvalue weighted by Gasteiger charge is -2.23. The van der Waals surface area contributed by atoms with Gasteiger partial charge in [0.05, 0.1) is 10.6 Å². The maximum Gasteiger partial charge on any atom is 0.271 e. The number of benzene rings is 2. The molecule has 0 amide bonds. The zero-order valence-electron chi connectivity index (χ0n) is 18.4. The van der Waals surface area contributed by atoms with Crippen LogP contribution < -0.4 is 10.5 Å². The summed E-state index contributed by atoms with van der Waals surface area (Å²) in [7, 11) is -3.55. The van der Waals surface area contributed by atoms with E-state index in [1.165, 1.54) is 10.7 Å². The zero-order valence-corrected chi connectivity index (χ0v) is 19.3. The van der Waals surface area contributed by atoms with Crippen LogP contribution in [0.15, 0.2) is 70.4 Å². The van der Waals surface area contributed by atoms with Gasteiger partial charge in [0.15, 0.2) is 0 Å². The highest BCUT2D eigenvalue weighted by molar-refractivity contribution is 7.89. The second-order valence-electron chi connectivity index (χ2n) is 8.02. The Kier molecular flexibility index (Phi) is 6.43. The molecule has 4 rings (SSSR count). The average Bonchev–Trinajstić information content (AvgIpc) is 3.07. The van der Waals surface area contributed by atoms with Crippen LogP contribution in [0.1, 0.15) is 24.5 Å². The van der Waals surface area contributed by atoms with Crippen molar-refractivity contribution in [2.24, 2.45) is 0 Å². The summed E-state index contributed by atoms with van der Waals surface area (Å²) >= 11 is 0. The molecule has 0 spiro atoms. The summed E-state index contributed by atoms with van der Waals surface area (Å²) in [5, 5.41) is 4.56. The predicted molar refractivity (Wildman–Crippen MR) is 126 cm³/mol. The van der Waals surface area contributed by atoms with Gasteiger partial charge in [-0.2, -0.15) is 8.99 Å². The van der Waals surface area contributed by atoms with Crippen molar-refractivity contribution in [3.8, 4) is 5.69 Å². The molecule has 0 N–H and O–H groups in total. The first-order chi connectivity index (χ1) is 15.4. The van der Waals surface area contributed by atoms with E-state index in [2.05, 4.69) is 5.10 Å². The van der Waals surface area contributed by atoms with Gasteiger partial charge < -0.3 is 4.90 Å². The fourth-order valence-corrected chi connectivity index (χ4v) is 5.32. The SMILES string of the molecule is CCc1ccc(S(=O)(=O)N2CCCN(c3ccc(=O)n(-c4ccc(C)cc4)n3)CC2)cc1. The van der Waals surface area contributed by atoms with Crippen LogP contribution in [0.4, 0.5) is 5.82 Å². The number of rotatable bonds is 5. The number of hydrogen-bond donors (Lipinski definition) is 0. The van der Waals surface area contributed by atoms with Crippen molar-refractivity contribution in [3.63, 3.8) is 0 Å². The molecule has 2 heterocycles. The average molecular weight is 453 g/mol. The zero-order chi connectivity index (χ0) is 22.7. The van der Waals surface area contributed by atoms with Gasteiger partial charge in [-0.25, -0.2) is 8.42 Å². The number of aryl methyl sites for hydroxylation is 2. The molecule has 0 unspecified atom stereocenters. The number of aromatic nitrogens is 2. The quantitative estimate of drug-likeness (QED) is 0.595. The van der Waals surface area contributed by atoms with E-state index in [-0.39, 0.29) is 5.56 Å². The molecule has 1 fully saturated rings. The van der Waals surface area contributed by atoms with Crippen LogP contribution in [-0.2, 0) is 16.4 Å². The van der Waals surface area contributed by atoms with Gasteiger partial charge >= 0.3 is 0 Å². The standard InChI is InChI=1S/C24H28N4O3S/c1-3-20-7-11-22(12-8-20)32(30,31)27-16-4-15-26(17-18-27)23-13-14-24(29)28(25-23)21-9-5-19(2)6-10-21/h5-14H,3-4,15-18H2,1-2H3. The van der Waals surface area contributed by atoms with Crippen molar-refractivity contribution in [1.29, 1.82) is 0 Å². The Bertz CT molecular complexity index is 1240. The molecule has 1 aromatic heterocycles. The lowest BCUT2D eigenvalue weighted by Crippen LogP contribution is -2.36. The Morgan fingerprint density at radius 3 is 2.28 bits per heavy atom. The Morgan fingerprint density at radius 2 is 1.59 bits per heavy atom. The molecule has 1 aliphatic rings. The first-order valence-corrected chi connectivity index (χ1v) is 12.3. The first kappa shape index (κ1) is 22.2. The summed E-state index contributed by atoms with van der Waals surface area (Å²) in [5.74, 6) is 0.664. The van der Waals surface area contributed by atoms with Gasteiger partial charge in [-0.15, -0.1) is 5.10 Å². The minimum absolute atomic E-state index is 0.202. The molecule has 0 radical (unpaired) electrons. The molecule has 32 heavy (non-hydrogen) atoms. The Hall–Kier alpha value is -2.97. The van der Waals surface area contributed by atoms with E-state index >= 15 is 0 Å². The van der Waals surface area contributed by atoms with Crippen LogP contribution >= 0.6 is 0 Å². The minimum atomic E-state index is -3.55. The number of nitrogens with zero attached hydrogens (tertiary/aromatic N) is 4. The molecule has 0 atom stereocenters. The lowest BCUT2D eigenvalue weighted by atomic mass is 10.2. The molecule has 0 saturated carbocycles. The van der Waals surface area contributed by atoms with E-state index < -0.39 is 10.0 Å². The van der Waals surface area contributed by atoms with E-state index in [1.807, 2.05) is 55.1 Å². The second-order valence-corrected chi connectivity index (χ2v) is 9.96. The third-order valence-corrected chi connectivity index (χ3v) is 7.73. The largest absolute Gasteiger partial charge is 0.354 e. The Balaban J connectivity index is 1.54. The third kappa shape index (κ3) is 4.61. The molecule has 7 nitrogen and oxygen atoms in total. The summed E-state index contributed by atoms with van der Waals surface area (Å²) in [6, 6.07) is 18.0. The molecule has 8 heteroatoms. The molecule has 3 aromatic rings. The molecule has 0 aliphatic carbocycles. The number of sulfonamides is 1. The summed E-state index contributed by atoms with van der Waals surface area (Å²) in [6.45, 7) is 6.02. The molecule has 0 bridgehead atoms. The van der Waals surface area contributed by atoms with Crippen molar-refractivity contribution in [1.82, 2.24) is 14.1 Å². The van der Waals surface area contributed by atoms with Gasteiger partial charge in [0.25, 0.3) is 5.56 Å². The van der Waals surface area contributed by atoms with Crippen molar-refractivity contribution >= 4 is 15.8 Å². The van der Waals surface area contributed by atoms with Crippen LogP contribution in [0.3, 0.4) is 0 Å². The van der Waals surface area contributed by atoms with Gasteiger partial charge in [-0.05, 0) is 55.7 Å². The predicted octanol–water partition coefficient (Wildman–Crippen LogP) is 3.00. The normalized spacial score (nSPS) is 15.5. The molecular formula is C24H28N4O3S. The molecule has 1 saturated heterocycles. The lowest BCUT2D eigenvalue weighted by molar-refractivity contribution is 0.433. The van der Waals surface area contributed by atoms with Crippen LogP contribution in [0.5, 0.6) is 0 Å². The third-order valence-electron chi connectivity index (χ3n) is 5.81. The van der Waals surface area contributed by atoms with E-state index in [9.17, 15) is 13.2 Å². The van der Waals surface area contributed by atoms with E-state index in [1.54, 1.807) is 22.5 Å². The van der Waals surface area contributed by atoms with Gasteiger partial charge in [0, 0.05) is 32.2 Å². The highest BCUT2D eigenvalue weighted by Crippen LogP contribution is 2.20. The highest BCUT2D eigenvalue weighted by atomic mass is 32.2. The fraction of sp³-hybridized carbons (Fsp3) is 0.333.